The largest absolute Gasteiger partial charge is 0.389 e. The van der Waals surface area contributed by atoms with Crippen LogP contribution in [0.25, 0.3) is 0 Å². The number of rotatable bonds is 3. The van der Waals surface area contributed by atoms with Gasteiger partial charge in [-0.05, 0) is 17.7 Å². The van der Waals surface area contributed by atoms with Crippen molar-refractivity contribution in [2.45, 2.75) is 6.54 Å². The number of nitrogens with two attached hydrogens (primary N) is 1. The van der Waals surface area contributed by atoms with E-state index in [2.05, 4.69) is 10.3 Å². The van der Waals surface area contributed by atoms with E-state index in [1.54, 1.807) is 6.20 Å². The standard InChI is InChI=1S/C10H10ClN3S/c11-8-3-1-7(2-4-8)5-13-10-14-6-9(12)15-10/h1-4,6H,5,12H2,(H,13,14). The predicted molar refractivity (Wildman–Crippen MR) is 65.3 cm³/mol. The van der Waals surface area contributed by atoms with Crippen molar-refractivity contribution in [3.63, 3.8) is 0 Å². The lowest BCUT2D eigenvalue weighted by molar-refractivity contribution is 1.13. The summed E-state index contributed by atoms with van der Waals surface area (Å²) in [5.74, 6) is 0. The third-order valence-electron chi connectivity index (χ3n) is 1.88. The van der Waals surface area contributed by atoms with Crippen molar-refractivity contribution >= 4 is 33.1 Å². The van der Waals surface area contributed by atoms with Gasteiger partial charge >= 0.3 is 0 Å². The fourth-order valence-corrected chi connectivity index (χ4v) is 1.85. The van der Waals surface area contributed by atoms with Crippen LogP contribution in [0.1, 0.15) is 5.56 Å². The number of benzene rings is 1. The predicted octanol–water partition coefficient (Wildman–Crippen LogP) is 2.99. The van der Waals surface area contributed by atoms with Crippen LogP contribution in [0.15, 0.2) is 30.5 Å². The quantitative estimate of drug-likeness (QED) is 0.866. The molecule has 0 aliphatic carbocycles. The highest BCUT2D eigenvalue weighted by molar-refractivity contribution is 7.19. The number of hydrogen-bond donors (Lipinski definition) is 2. The summed E-state index contributed by atoms with van der Waals surface area (Å²) in [5.41, 5.74) is 6.73. The molecular formula is C10H10ClN3S. The van der Waals surface area contributed by atoms with E-state index in [4.69, 9.17) is 17.3 Å². The summed E-state index contributed by atoms with van der Waals surface area (Å²) in [7, 11) is 0. The fraction of sp³-hybridized carbons (Fsp3) is 0.100. The molecule has 78 valence electrons. The molecule has 0 spiro atoms. The van der Waals surface area contributed by atoms with Gasteiger partial charge in [0.25, 0.3) is 0 Å². The van der Waals surface area contributed by atoms with Crippen LogP contribution in [0.2, 0.25) is 5.02 Å². The zero-order valence-corrected chi connectivity index (χ0v) is 9.48. The van der Waals surface area contributed by atoms with E-state index in [0.717, 1.165) is 22.3 Å². The molecule has 0 radical (unpaired) electrons. The summed E-state index contributed by atoms with van der Waals surface area (Å²) in [4.78, 5) is 4.10. The number of aromatic nitrogens is 1. The SMILES string of the molecule is Nc1cnc(NCc2ccc(Cl)cc2)s1. The van der Waals surface area contributed by atoms with Crippen LogP contribution in [-0.4, -0.2) is 4.98 Å². The number of halogens is 1. The summed E-state index contributed by atoms with van der Waals surface area (Å²) in [6.07, 6.45) is 1.65. The van der Waals surface area contributed by atoms with Crippen LogP contribution in [0, 0.1) is 0 Å². The minimum Gasteiger partial charge on any atom is -0.389 e. The zero-order chi connectivity index (χ0) is 10.7. The molecule has 5 heteroatoms. The van der Waals surface area contributed by atoms with E-state index in [9.17, 15) is 0 Å². The van der Waals surface area contributed by atoms with Crippen LogP contribution in [0.5, 0.6) is 0 Å². The molecule has 3 nitrogen and oxygen atoms in total. The molecule has 0 bridgehead atoms. The molecule has 2 aromatic rings. The van der Waals surface area contributed by atoms with Gasteiger partial charge < -0.3 is 11.1 Å². The van der Waals surface area contributed by atoms with Gasteiger partial charge in [0.05, 0.1) is 6.20 Å². The molecule has 1 aromatic carbocycles. The van der Waals surface area contributed by atoms with Crippen LogP contribution >= 0.6 is 22.9 Å². The Bertz CT molecular complexity index is 438. The Balaban J connectivity index is 1.96. The van der Waals surface area contributed by atoms with Crippen LogP contribution in [0.4, 0.5) is 10.1 Å². The van der Waals surface area contributed by atoms with Crippen LogP contribution in [0.3, 0.4) is 0 Å². The van der Waals surface area contributed by atoms with Crippen molar-refractivity contribution in [3.05, 3.63) is 41.0 Å². The average Bonchev–Trinajstić information content (AvgIpc) is 2.64. The van der Waals surface area contributed by atoms with Gasteiger partial charge in [0.1, 0.15) is 5.00 Å². The van der Waals surface area contributed by atoms with Crippen molar-refractivity contribution in [3.8, 4) is 0 Å². The molecular weight excluding hydrogens is 230 g/mol. The summed E-state index contributed by atoms with van der Waals surface area (Å²) in [5, 5.41) is 5.48. The number of nitrogens with zero attached hydrogens (tertiary/aromatic N) is 1. The lowest BCUT2D eigenvalue weighted by Gasteiger charge is -2.02. The first-order chi connectivity index (χ1) is 7.24. The molecule has 1 aromatic heterocycles. The van der Waals surface area contributed by atoms with Gasteiger partial charge in [-0.2, -0.15) is 0 Å². The molecule has 2 rings (SSSR count). The Morgan fingerprint density at radius 3 is 2.67 bits per heavy atom. The van der Waals surface area contributed by atoms with Gasteiger partial charge in [-0.25, -0.2) is 4.98 Å². The van der Waals surface area contributed by atoms with E-state index >= 15 is 0 Å². The van der Waals surface area contributed by atoms with E-state index in [0.29, 0.717) is 5.00 Å². The highest BCUT2D eigenvalue weighted by Crippen LogP contribution is 2.20. The normalized spacial score (nSPS) is 10.2. The molecule has 0 saturated heterocycles. The molecule has 0 amide bonds. The van der Waals surface area contributed by atoms with Crippen LogP contribution < -0.4 is 11.1 Å². The van der Waals surface area contributed by atoms with Crippen molar-refractivity contribution < 1.29 is 0 Å². The molecule has 0 unspecified atom stereocenters. The number of nitrogens with one attached hydrogen (secondary N) is 1. The fourth-order valence-electron chi connectivity index (χ4n) is 1.15. The molecule has 0 aliphatic rings. The molecule has 0 atom stereocenters. The van der Waals surface area contributed by atoms with Gasteiger partial charge in [-0.15, -0.1) is 0 Å². The minimum atomic E-state index is 0.716. The number of thiazole rings is 1. The summed E-state index contributed by atoms with van der Waals surface area (Å²) in [6.45, 7) is 0.726. The van der Waals surface area contributed by atoms with Gasteiger partial charge in [0.15, 0.2) is 5.13 Å². The highest BCUT2D eigenvalue weighted by Gasteiger charge is 1.98. The topological polar surface area (TPSA) is 50.9 Å². The number of nitrogen functional groups attached to an aromatic ring is 1. The summed E-state index contributed by atoms with van der Waals surface area (Å²) < 4.78 is 0. The second-order valence-corrected chi connectivity index (χ2v) is 4.55. The maximum absolute atomic E-state index is 5.78. The minimum absolute atomic E-state index is 0.716. The summed E-state index contributed by atoms with van der Waals surface area (Å²) >= 11 is 7.22. The second kappa shape index (κ2) is 4.51. The Morgan fingerprint density at radius 2 is 2.07 bits per heavy atom. The second-order valence-electron chi connectivity index (χ2n) is 3.05. The molecule has 0 aliphatic heterocycles. The molecule has 1 heterocycles. The maximum atomic E-state index is 5.78. The number of hydrogen-bond acceptors (Lipinski definition) is 4. The Hall–Kier alpha value is -1.26. The third kappa shape index (κ3) is 2.84. The van der Waals surface area contributed by atoms with Gasteiger partial charge in [0, 0.05) is 11.6 Å². The monoisotopic (exact) mass is 239 g/mol. The molecule has 15 heavy (non-hydrogen) atoms. The van der Waals surface area contributed by atoms with Crippen molar-refractivity contribution in [2.75, 3.05) is 11.1 Å². The Morgan fingerprint density at radius 1 is 1.33 bits per heavy atom. The lowest BCUT2D eigenvalue weighted by atomic mass is 10.2. The van der Waals surface area contributed by atoms with Gasteiger partial charge in [-0.1, -0.05) is 35.1 Å². The van der Waals surface area contributed by atoms with E-state index < -0.39 is 0 Å². The average molecular weight is 240 g/mol. The number of anilines is 2. The first kappa shape index (κ1) is 10.3. The van der Waals surface area contributed by atoms with Gasteiger partial charge in [-0.3, -0.25) is 0 Å². The maximum Gasteiger partial charge on any atom is 0.184 e. The zero-order valence-electron chi connectivity index (χ0n) is 7.90. The van der Waals surface area contributed by atoms with Crippen LogP contribution in [-0.2, 0) is 6.54 Å². The van der Waals surface area contributed by atoms with E-state index in [-0.39, 0.29) is 0 Å². The van der Waals surface area contributed by atoms with Crippen molar-refractivity contribution in [2.24, 2.45) is 0 Å². The van der Waals surface area contributed by atoms with Crippen molar-refractivity contribution in [1.29, 1.82) is 0 Å². The van der Waals surface area contributed by atoms with E-state index in [1.165, 1.54) is 11.3 Å². The van der Waals surface area contributed by atoms with Gasteiger partial charge in [0.2, 0.25) is 0 Å². The van der Waals surface area contributed by atoms with Crippen molar-refractivity contribution in [1.82, 2.24) is 4.98 Å². The Kier molecular flexibility index (Phi) is 3.08. The molecule has 0 fully saturated rings. The smallest absolute Gasteiger partial charge is 0.184 e. The Labute approximate surface area is 96.9 Å². The summed E-state index contributed by atoms with van der Waals surface area (Å²) in [6, 6.07) is 7.70. The third-order valence-corrected chi connectivity index (χ3v) is 2.92. The first-order valence-corrected chi connectivity index (χ1v) is 5.63. The highest BCUT2D eigenvalue weighted by atomic mass is 35.5. The first-order valence-electron chi connectivity index (χ1n) is 4.43. The molecule has 3 N–H and O–H groups in total. The molecule has 0 saturated carbocycles. The lowest BCUT2D eigenvalue weighted by Crippen LogP contribution is -1.98. The van der Waals surface area contributed by atoms with E-state index in [1.807, 2.05) is 24.3 Å².